The average Bonchev–Trinajstić information content (AvgIpc) is 3.39. The van der Waals surface area contributed by atoms with E-state index < -0.39 is 0 Å². The van der Waals surface area contributed by atoms with Gasteiger partial charge in [-0.05, 0) is 121 Å². The molecular weight excluding hydrogens is 857 g/mol. The molecule has 0 saturated heterocycles. The number of hydrogen-bond donors (Lipinski definition) is 1. The third kappa shape index (κ3) is 10.8. The normalized spacial score (nSPS) is 10.4. The second-order valence-electron chi connectivity index (χ2n) is 16.9. The molecule has 5 nitrogen and oxygen atoms in total. The number of benzene rings is 9. The minimum atomic E-state index is -0.0750. The first kappa shape index (κ1) is 51.4. The Morgan fingerprint density at radius 2 is 0.986 bits per heavy atom. The van der Waals surface area contributed by atoms with E-state index in [4.69, 9.17) is 9.47 Å². The SMILES string of the molecule is C=c1[nH]c(=O)c2ccc(N(C)C)c3cccc1c32.CC.CC.CCC.COc1ccc2c(C#Cc3c4ccccc4c(C#Cc4cccc5cc(OC)ccc45)c4cc(C(C)C)ccc34)cccc2c1. The highest BCUT2D eigenvalue weighted by Crippen LogP contribution is 2.35. The van der Waals surface area contributed by atoms with Gasteiger partial charge in [0, 0.05) is 68.9 Å². The number of methoxy groups -OCH3 is 2. The van der Waals surface area contributed by atoms with E-state index >= 15 is 0 Å². The van der Waals surface area contributed by atoms with Gasteiger partial charge in [0.15, 0.2) is 0 Å². The molecule has 70 heavy (non-hydrogen) atoms. The summed E-state index contributed by atoms with van der Waals surface area (Å²) in [4.78, 5) is 16.8. The van der Waals surface area contributed by atoms with Gasteiger partial charge in [0.05, 0.1) is 14.2 Å². The molecule has 0 unspecified atom stereocenters. The number of ether oxygens (including phenoxy) is 2. The largest absolute Gasteiger partial charge is 0.497 e. The predicted octanol–water partition coefficient (Wildman–Crippen LogP) is 15.6. The topological polar surface area (TPSA) is 54.6 Å². The van der Waals surface area contributed by atoms with Crippen molar-refractivity contribution in [3.63, 3.8) is 0 Å². The van der Waals surface area contributed by atoms with Crippen LogP contribution >= 0.6 is 0 Å². The van der Waals surface area contributed by atoms with Gasteiger partial charge < -0.3 is 19.4 Å². The second-order valence-corrected chi connectivity index (χ2v) is 16.9. The fraction of sp³-hybridized carbons (Fsp3) is 0.215. The highest BCUT2D eigenvalue weighted by Gasteiger charge is 2.15. The first-order chi connectivity index (χ1) is 34.0. The number of rotatable bonds is 4. The Morgan fingerprint density at radius 3 is 1.50 bits per heavy atom. The van der Waals surface area contributed by atoms with Gasteiger partial charge in [0.2, 0.25) is 0 Å². The number of nitrogens with zero attached hydrogens (tertiary/aromatic N) is 1. The minimum Gasteiger partial charge on any atom is -0.497 e. The molecule has 354 valence electrons. The summed E-state index contributed by atoms with van der Waals surface area (Å²) >= 11 is 0. The van der Waals surface area contributed by atoms with Gasteiger partial charge in [-0.15, -0.1) is 0 Å². The Hall–Kier alpha value is -7.99. The molecule has 1 aromatic heterocycles. The zero-order valence-corrected chi connectivity index (χ0v) is 43.0. The monoisotopic (exact) mass is 923 g/mol. The first-order valence-corrected chi connectivity index (χ1v) is 24.4. The zero-order valence-electron chi connectivity index (χ0n) is 43.0. The zero-order chi connectivity index (χ0) is 50.5. The molecule has 9 aromatic carbocycles. The molecule has 0 spiro atoms. The molecule has 0 radical (unpaired) electrons. The van der Waals surface area contributed by atoms with Crippen LogP contribution in [0.3, 0.4) is 0 Å². The summed E-state index contributed by atoms with van der Waals surface area (Å²) in [6.07, 6.45) is 1.25. The molecule has 0 atom stereocenters. The lowest BCUT2D eigenvalue weighted by molar-refractivity contribution is 0.415. The van der Waals surface area contributed by atoms with Crippen molar-refractivity contribution in [2.24, 2.45) is 0 Å². The fourth-order valence-electron chi connectivity index (χ4n) is 8.57. The van der Waals surface area contributed by atoms with Crippen LogP contribution in [-0.4, -0.2) is 33.3 Å². The Labute approximate surface area is 414 Å². The molecule has 0 aliphatic carbocycles. The van der Waals surface area contributed by atoms with Crippen molar-refractivity contribution in [3.8, 4) is 35.2 Å². The number of H-pyrrole nitrogens is 1. The van der Waals surface area contributed by atoms with Crippen LogP contribution in [0.15, 0.2) is 150 Å². The van der Waals surface area contributed by atoms with Crippen LogP contribution in [0, 0.1) is 23.7 Å². The minimum absolute atomic E-state index is 0.0750. The maximum absolute atomic E-state index is 12.0. The standard InChI is InChI=1S/C43H32O2.C15H14N2O.C3H8.2C2H6/c1-28(2)31-17-22-42-40(20-15-29-9-7-11-32-25-34(44-3)18-23-36(29)32)38-13-5-6-14-39(38)41(43(42)27-31)21-16-30-10-8-12-33-26-35(45-4)19-24-37(30)33;1-9-10-5-4-6-11-13(17(2)3)8-7-12(14(10)11)15(18)16-9;1-3-2;2*1-2/h5-14,17-19,22-28H,1-4H3;4-8H,1H2,2-3H3,(H,16,18);3H2,1-2H3;2*1-2H3. The molecule has 0 aliphatic heterocycles. The van der Waals surface area contributed by atoms with E-state index in [1.165, 1.54) is 12.0 Å². The van der Waals surface area contributed by atoms with Crippen LogP contribution < -0.4 is 25.3 Å². The predicted molar refractivity (Wildman–Crippen MR) is 304 cm³/mol. The maximum Gasteiger partial charge on any atom is 0.256 e. The van der Waals surface area contributed by atoms with Crippen LogP contribution in [0.25, 0.3) is 71.2 Å². The number of fused-ring (bicyclic) bond motifs is 4. The molecule has 10 rings (SSSR count). The summed E-state index contributed by atoms with van der Waals surface area (Å²) < 4.78 is 10.9. The summed E-state index contributed by atoms with van der Waals surface area (Å²) in [5.41, 5.74) is 6.33. The summed E-state index contributed by atoms with van der Waals surface area (Å²) in [5, 5.41) is 13.4. The van der Waals surface area contributed by atoms with Crippen molar-refractivity contribution in [2.75, 3.05) is 33.2 Å². The van der Waals surface area contributed by atoms with Crippen molar-refractivity contribution >= 4 is 76.9 Å². The van der Waals surface area contributed by atoms with Crippen molar-refractivity contribution in [1.29, 1.82) is 0 Å². The smallest absolute Gasteiger partial charge is 0.256 e. The Bertz CT molecular complexity index is 3660. The number of anilines is 1. The Balaban J connectivity index is 0.000000266. The van der Waals surface area contributed by atoms with Crippen LogP contribution in [-0.2, 0) is 0 Å². The number of aromatic nitrogens is 1. The Kier molecular flexibility index (Phi) is 17.5. The van der Waals surface area contributed by atoms with Crippen molar-refractivity contribution in [3.05, 3.63) is 189 Å². The molecule has 5 heteroatoms. The van der Waals surface area contributed by atoms with Crippen LogP contribution in [0.5, 0.6) is 11.5 Å². The molecule has 0 aliphatic rings. The van der Waals surface area contributed by atoms with E-state index in [1.54, 1.807) is 14.2 Å². The van der Waals surface area contributed by atoms with E-state index in [9.17, 15) is 4.79 Å². The quantitative estimate of drug-likeness (QED) is 0.141. The van der Waals surface area contributed by atoms with Gasteiger partial charge >= 0.3 is 0 Å². The van der Waals surface area contributed by atoms with Crippen LogP contribution in [0.1, 0.15) is 95.5 Å². The van der Waals surface area contributed by atoms with E-state index in [2.05, 4.69) is 171 Å². The van der Waals surface area contributed by atoms with E-state index in [1.807, 2.05) is 84.3 Å². The molecule has 10 aromatic rings. The van der Waals surface area contributed by atoms with E-state index in [-0.39, 0.29) is 5.56 Å². The highest BCUT2D eigenvalue weighted by molar-refractivity contribution is 6.14. The first-order valence-electron chi connectivity index (χ1n) is 24.4. The lowest BCUT2D eigenvalue weighted by Gasteiger charge is -2.17. The lowest BCUT2D eigenvalue weighted by atomic mass is 9.89. The molecule has 0 fully saturated rings. The molecule has 0 amide bonds. The fourth-order valence-corrected chi connectivity index (χ4v) is 8.57. The third-order valence-corrected chi connectivity index (χ3v) is 11.9. The van der Waals surface area contributed by atoms with Crippen molar-refractivity contribution in [2.45, 2.75) is 67.7 Å². The number of aromatic amines is 1. The summed E-state index contributed by atoms with van der Waals surface area (Å²) in [6.45, 7) is 20.6. The number of pyridine rings is 1. The van der Waals surface area contributed by atoms with Gasteiger partial charge in [-0.3, -0.25) is 4.79 Å². The number of nitrogens with one attached hydrogen (secondary N) is 1. The van der Waals surface area contributed by atoms with Crippen molar-refractivity contribution in [1.82, 2.24) is 4.98 Å². The van der Waals surface area contributed by atoms with Crippen molar-refractivity contribution < 1.29 is 9.47 Å². The summed E-state index contributed by atoms with van der Waals surface area (Å²) in [6, 6.07) is 49.9. The third-order valence-electron chi connectivity index (χ3n) is 11.9. The summed E-state index contributed by atoms with van der Waals surface area (Å²) in [7, 11) is 7.39. The van der Waals surface area contributed by atoms with Gasteiger partial charge in [-0.2, -0.15) is 0 Å². The molecule has 1 heterocycles. The molecule has 1 N–H and O–H groups in total. The van der Waals surface area contributed by atoms with Gasteiger partial charge in [0.1, 0.15) is 11.5 Å². The molecular formula is C65H66N2O3. The van der Waals surface area contributed by atoms with Crippen LogP contribution in [0.2, 0.25) is 0 Å². The lowest BCUT2D eigenvalue weighted by Crippen LogP contribution is -2.20. The second kappa shape index (κ2) is 23.8. The van der Waals surface area contributed by atoms with E-state index in [0.717, 1.165) is 104 Å². The average molecular weight is 923 g/mol. The van der Waals surface area contributed by atoms with Gasteiger partial charge in [-0.25, -0.2) is 0 Å². The van der Waals surface area contributed by atoms with E-state index in [0.29, 0.717) is 11.3 Å². The van der Waals surface area contributed by atoms with Crippen LogP contribution in [0.4, 0.5) is 5.69 Å². The highest BCUT2D eigenvalue weighted by atomic mass is 16.5. The summed E-state index contributed by atoms with van der Waals surface area (Å²) in [5.74, 6) is 16.4. The maximum atomic E-state index is 12.0. The van der Waals surface area contributed by atoms with Gasteiger partial charge in [0.25, 0.3) is 5.56 Å². The molecule has 0 bridgehead atoms. The molecule has 0 saturated carbocycles. The number of hydrogen-bond acceptors (Lipinski definition) is 4. The van der Waals surface area contributed by atoms with Gasteiger partial charge in [-0.1, -0.05) is 171 Å². The Morgan fingerprint density at radius 1 is 0.529 bits per heavy atom.